The van der Waals surface area contributed by atoms with Crippen molar-refractivity contribution in [1.82, 2.24) is 9.47 Å². The first-order chi connectivity index (χ1) is 10.2. The molecule has 0 N–H and O–H groups in total. The normalized spacial score (nSPS) is 15.3. The maximum absolute atomic E-state index is 12.2. The average Bonchev–Trinajstić information content (AvgIpc) is 3.00. The van der Waals surface area contributed by atoms with Gasteiger partial charge in [0.15, 0.2) is 0 Å². The number of rotatable bonds is 3. The fourth-order valence-electron chi connectivity index (χ4n) is 2.77. The molecule has 0 saturated carbocycles. The summed E-state index contributed by atoms with van der Waals surface area (Å²) in [6.07, 6.45) is 3.86. The highest BCUT2D eigenvalue weighted by Gasteiger charge is 2.21. The van der Waals surface area contributed by atoms with Gasteiger partial charge in [0.1, 0.15) is 6.54 Å². The maximum atomic E-state index is 12.2. The second kappa shape index (κ2) is 6.04. The van der Waals surface area contributed by atoms with Gasteiger partial charge in [0.2, 0.25) is 5.91 Å². The Morgan fingerprint density at radius 2 is 1.76 bits per heavy atom. The Balaban J connectivity index is 1.56. The Labute approximate surface area is 125 Å². The summed E-state index contributed by atoms with van der Waals surface area (Å²) in [7, 11) is 0. The summed E-state index contributed by atoms with van der Waals surface area (Å²) >= 11 is 0. The van der Waals surface area contributed by atoms with Gasteiger partial charge < -0.3 is 14.4 Å². The molecule has 1 aromatic carbocycles. The smallest absolute Gasteiger partial charge is 0.242 e. The molecule has 1 saturated heterocycles. The highest BCUT2D eigenvalue weighted by molar-refractivity contribution is 5.76. The minimum absolute atomic E-state index is 0.204. The van der Waals surface area contributed by atoms with Crippen molar-refractivity contribution >= 4 is 11.6 Å². The number of carbonyl (C=O) groups is 1. The highest BCUT2D eigenvalue weighted by atomic mass is 16.2. The zero-order valence-corrected chi connectivity index (χ0v) is 12.4. The molecule has 0 unspecified atom stereocenters. The predicted molar refractivity (Wildman–Crippen MR) is 84.4 cm³/mol. The second-order valence-electron chi connectivity index (χ2n) is 5.56. The molecule has 1 aliphatic heterocycles. The fourth-order valence-corrected chi connectivity index (χ4v) is 2.77. The van der Waals surface area contributed by atoms with E-state index in [9.17, 15) is 4.79 Å². The van der Waals surface area contributed by atoms with Gasteiger partial charge in [0, 0.05) is 44.3 Å². The van der Waals surface area contributed by atoms with Crippen LogP contribution >= 0.6 is 0 Å². The molecule has 1 fully saturated rings. The molecule has 1 aromatic heterocycles. The van der Waals surface area contributed by atoms with Gasteiger partial charge in [-0.25, -0.2) is 0 Å². The summed E-state index contributed by atoms with van der Waals surface area (Å²) in [5.74, 6) is 0.204. The van der Waals surface area contributed by atoms with E-state index in [-0.39, 0.29) is 5.91 Å². The molecule has 1 amide bonds. The van der Waals surface area contributed by atoms with Gasteiger partial charge in [0.05, 0.1) is 0 Å². The quantitative estimate of drug-likeness (QED) is 0.863. The van der Waals surface area contributed by atoms with Gasteiger partial charge in [-0.15, -0.1) is 0 Å². The van der Waals surface area contributed by atoms with Crippen LogP contribution in [0, 0.1) is 6.92 Å². The third-order valence-corrected chi connectivity index (χ3v) is 3.98. The Bertz CT molecular complexity index is 598. The minimum Gasteiger partial charge on any atom is -0.368 e. The van der Waals surface area contributed by atoms with Crippen LogP contribution < -0.4 is 4.90 Å². The van der Waals surface area contributed by atoms with Gasteiger partial charge in [-0.2, -0.15) is 0 Å². The lowest BCUT2D eigenvalue weighted by molar-refractivity contribution is -0.132. The van der Waals surface area contributed by atoms with Crippen molar-refractivity contribution in [2.45, 2.75) is 13.5 Å². The molecule has 3 rings (SSSR count). The number of anilines is 1. The van der Waals surface area contributed by atoms with Gasteiger partial charge in [-0.05, 0) is 36.8 Å². The van der Waals surface area contributed by atoms with Gasteiger partial charge in [-0.3, -0.25) is 4.79 Å². The topological polar surface area (TPSA) is 28.5 Å². The Kier molecular flexibility index (Phi) is 3.95. The molecule has 2 heterocycles. The predicted octanol–water partition coefficient (Wildman–Crippen LogP) is 2.15. The van der Waals surface area contributed by atoms with E-state index in [4.69, 9.17) is 0 Å². The highest BCUT2D eigenvalue weighted by Crippen LogP contribution is 2.17. The number of carbonyl (C=O) groups excluding carboxylic acids is 1. The third-order valence-electron chi connectivity index (χ3n) is 3.98. The molecule has 4 nitrogen and oxygen atoms in total. The Morgan fingerprint density at radius 3 is 2.43 bits per heavy atom. The van der Waals surface area contributed by atoms with E-state index in [1.807, 2.05) is 34.0 Å². The minimum atomic E-state index is 0.204. The summed E-state index contributed by atoms with van der Waals surface area (Å²) < 4.78 is 1.93. The van der Waals surface area contributed by atoms with Crippen molar-refractivity contribution in [1.29, 1.82) is 0 Å². The van der Waals surface area contributed by atoms with Crippen molar-refractivity contribution in [2.24, 2.45) is 0 Å². The first kappa shape index (κ1) is 13.7. The third kappa shape index (κ3) is 3.27. The van der Waals surface area contributed by atoms with Crippen molar-refractivity contribution in [3.05, 3.63) is 54.4 Å². The Morgan fingerprint density at radius 1 is 1.05 bits per heavy atom. The molecule has 21 heavy (non-hydrogen) atoms. The first-order valence-corrected chi connectivity index (χ1v) is 7.42. The number of benzene rings is 1. The molecule has 0 aliphatic carbocycles. The average molecular weight is 283 g/mol. The second-order valence-corrected chi connectivity index (χ2v) is 5.56. The van der Waals surface area contributed by atoms with Crippen LogP contribution in [0.2, 0.25) is 0 Å². The van der Waals surface area contributed by atoms with Gasteiger partial charge in [0.25, 0.3) is 0 Å². The molecular formula is C17H21N3O. The largest absolute Gasteiger partial charge is 0.368 e. The molecular weight excluding hydrogens is 262 g/mol. The van der Waals surface area contributed by atoms with Gasteiger partial charge >= 0.3 is 0 Å². The van der Waals surface area contributed by atoms with Crippen LogP contribution in [-0.4, -0.2) is 41.6 Å². The standard InChI is InChI=1S/C17H21N3O/c1-15-5-4-6-16(13-15)19-9-11-20(12-10-19)17(21)14-18-7-2-3-8-18/h2-8,13H,9-12,14H2,1H3. The summed E-state index contributed by atoms with van der Waals surface area (Å²) in [5.41, 5.74) is 2.53. The molecule has 1 aliphatic rings. The van der Waals surface area contributed by atoms with Crippen LogP contribution in [-0.2, 0) is 11.3 Å². The van der Waals surface area contributed by atoms with E-state index >= 15 is 0 Å². The van der Waals surface area contributed by atoms with Crippen molar-refractivity contribution in [3.63, 3.8) is 0 Å². The van der Waals surface area contributed by atoms with Crippen LogP contribution in [0.25, 0.3) is 0 Å². The summed E-state index contributed by atoms with van der Waals surface area (Å²) in [4.78, 5) is 16.6. The van der Waals surface area contributed by atoms with Gasteiger partial charge in [-0.1, -0.05) is 12.1 Å². The van der Waals surface area contributed by atoms with E-state index < -0.39 is 0 Å². The van der Waals surface area contributed by atoms with Crippen LogP contribution in [0.3, 0.4) is 0 Å². The fraction of sp³-hybridized carbons (Fsp3) is 0.353. The lowest BCUT2D eigenvalue weighted by atomic mass is 10.2. The zero-order chi connectivity index (χ0) is 14.7. The summed E-state index contributed by atoms with van der Waals surface area (Å²) in [5, 5.41) is 0. The van der Waals surface area contributed by atoms with E-state index in [0.29, 0.717) is 6.54 Å². The lowest BCUT2D eigenvalue weighted by Gasteiger charge is -2.36. The van der Waals surface area contributed by atoms with Crippen LogP contribution in [0.4, 0.5) is 5.69 Å². The Hall–Kier alpha value is -2.23. The number of piperazine rings is 1. The SMILES string of the molecule is Cc1cccc(N2CCN(C(=O)Cn3cccc3)CC2)c1. The van der Waals surface area contributed by atoms with Crippen molar-refractivity contribution in [2.75, 3.05) is 31.1 Å². The number of amides is 1. The number of aryl methyl sites for hydroxylation is 1. The summed E-state index contributed by atoms with van der Waals surface area (Å²) in [6, 6.07) is 12.4. The first-order valence-electron chi connectivity index (χ1n) is 7.42. The molecule has 0 bridgehead atoms. The van der Waals surface area contributed by atoms with Crippen molar-refractivity contribution in [3.8, 4) is 0 Å². The molecule has 110 valence electrons. The molecule has 0 spiro atoms. The zero-order valence-electron chi connectivity index (χ0n) is 12.4. The van der Waals surface area contributed by atoms with E-state index in [2.05, 4.69) is 36.1 Å². The van der Waals surface area contributed by atoms with E-state index in [1.165, 1.54) is 11.3 Å². The van der Waals surface area contributed by atoms with E-state index in [0.717, 1.165) is 26.2 Å². The number of nitrogens with zero attached hydrogens (tertiary/aromatic N) is 3. The number of hydrogen-bond donors (Lipinski definition) is 0. The number of aromatic nitrogens is 1. The van der Waals surface area contributed by atoms with Crippen LogP contribution in [0.5, 0.6) is 0 Å². The lowest BCUT2D eigenvalue weighted by Crippen LogP contribution is -2.49. The summed E-state index contributed by atoms with van der Waals surface area (Å²) in [6.45, 7) is 5.96. The van der Waals surface area contributed by atoms with Crippen LogP contribution in [0.15, 0.2) is 48.8 Å². The number of hydrogen-bond acceptors (Lipinski definition) is 2. The van der Waals surface area contributed by atoms with E-state index in [1.54, 1.807) is 0 Å². The molecule has 0 radical (unpaired) electrons. The molecule has 2 aromatic rings. The molecule has 0 atom stereocenters. The monoisotopic (exact) mass is 283 g/mol. The maximum Gasteiger partial charge on any atom is 0.242 e. The molecule has 4 heteroatoms. The van der Waals surface area contributed by atoms with Crippen LogP contribution in [0.1, 0.15) is 5.56 Å². The van der Waals surface area contributed by atoms with Crippen molar-refractivity contribution < 1.29 is 4.79 Å².